The van der Waals surface area contributed by atoms with Crippen LogP contribution < -0.4 is 4.74 Å². The monoisotopic (exact) mass is 207 g/mol. The van der Waals surface area contributed by atoms with E-state index >= 15 is 0 Å². The molecule has 0 N–H and O–H groups in total. The van der Waals surface area contributed by atoms with Gasteiger partial charge in [0, 0.05) is 6.07 Å². The zero-order valence-corrected chi connectivity index (χ0v) is 8.58. The molecule has 12 heavy (non-hydrogen) atoms. The molecule has 1 aromatic rings. The summed E-state index contributed by atoms with van der Waals surface area (Å²) >= 11 is 5.64. The van der Waals surface area contributed by atoms with E-state index in [9.17, 15) is 0 Å². The number of methoxy groups -OCH3 is 1. The number of aryl methyl sites for hydroxylation is 1. The SMILES string of the molecule is COc1ccc(C)c(CCl)n1.Cl. The number of rotatable bonds is 2. The normalized spacial score (nSPS) is 8.92. The lowest BCUT2D eigenvalue weighted by Crippen LogP contribution is -1.93. The first-order valence-electron chi connectivity index (χ1n) is 3.34. The summed E-state index contributed by atoms with van der Waals surface area (Å²) in [6, 6.07) is 3.77. The number of aromatic nitrogens is 1. The maximum Gasteiger partial charge on any atom is 0.213 e. The van der Waals surface area contributed by atoms with Crippen LogP contribution in [0.25, 0.3) is 0 Å². The minimum absolute atomic E-state index is 0. The second-order valence-electron chi connectivity index (χ2n) is 2.25. The van der Waals surface area contributed by atoms with Gasteiger partial charge in [0.15, 0.2) is 0 Å². The van der Waals surface area contributed by atoms with Crippen molar-refractivity contribution in [1.29, 1.82) is 0 Å². The van der Waals surface area contributed by atoms with Crippen molar-refractivity contribution in [2.45, 2.75) is 12.8 Å². The summed E-state index contributed by atoms with van der Waals surface area (Å²) in [6.45, 7) is 1.98. The Morgan fingerprint density at radius 3 is 2.67 bits per heavy atom. The molecule has 0 aliphatic heterocycles. The third-order valence-corrected chi connectivity index (χ3v) is 1.77. The molecular weight excluding hydrogens is 197 g/mol. The summed E-state index contributed by atoms with van der Waals surface area (Å²) in [7, 11) is 1.59. The van der Waals surface area contributed by atoms with E-state index in [0.717, 1.165) is 11.3 Å². The Hall–Kier alpha value is -0.470. The predicted molar refractivity (Wildman–Crippen MR) is 52.3 cm³/mol. The molecule has 1 aromatic heterocycles. The standard InChI is InChI=1S/C8H10ClNO.ClH/c1-6-3-4-8(11-2)10-7(6)5-9;/h3-4H,5H2,1-2H3;1H. The molecule has 0 bridgehead atoms. The van der Waals surface area contributed by atoms with Crippen molar-refractivity contribution in [2.24, 2.45) is 0 Å². The van der Waals surface area contributed by atoms with Crippen LogP contribution in [-0.4, -0.2) is 12.1 Å². The molecule has 2 nitrogen and oxygen atoms in total. The fraction of sp³-hybridized carbons (Fsp3) is 0.375. The molecular formula is C8H11Cl2NO. The molecule has 0 amide bonds. The highest BCUT2D eigenvalue weighted by atomic mass is 35.5. The van der Waals surface area contributed by atoms with Crippen LogP contribution in [0.5, 0.6) is 5.88 Å². The Labute approximate surface area is 83.3 Å². The molecule has 4 heteroatoms. The van der Waals surface area contributed by atoms with Gasteiger partial charge in [-0.25, -0.2) is 4.98 Å². The van der Waals surface area contributed by atoms with Crippen LogP contribution in [0.1, 0.15) is 11.3 Å². The molecule has 0 unspecified atom stereocenters. The molecule has 1 rings (SSSR count). The van der Waals surface area contributed by atoms with E-state index in [1.165, 1.54) is 0 Å². The Morgan fingerprint density at radius 2 is 2.17 bits per heavy atom. The van der Waals surface area contributed by atoms with Crippen molar-refractivity contribution in [3.63, 3.8) is 0 Å². The van der Waals surface area contributed by atoms with Gasteiger partial charge in [-0.05, 0) is 12.5 Å². The van der Waals surface area contributed by atoms with Crippen LogP contribution in [0.4, 0.5) is 0 Å². The first-order chi connectivity index (χ1) is 5.27. The fourth-order valence-electron chi connectivity index (χ4n) is 0.800. The van der Waals surface area contributed by atoms with Gasteiger partial charge < -0.3 is 4.74 Å². The third-order valence-electron chi connectivity index (χ3n) is 1.51. The Morgan fingerprint density at radius 1 is 1.50 bits per heavy atom. The zero-order chi connectivity index (χ0) is 8.27. The van der Waals surface area contributed by atoms with Gasteiger partial charge >= 0.3 is 0 Å². The van der Waals surface area contributed by atoms with Crippen molar-refractivity contribution in [2.75, 3.05) is 7.11 Å². The van der Waals surface area contributed by atoms with Gasteiger partial charge in [-0.2, -0.15) is 0 Å². The molecule has 0 radical (unpaired) electrons. The van der Waals surface area contributed by atoms with Gasteiger partial charge in [0.05, 0.1) is 18.7 Å². The van der Waals surface area contributed by atoms with Crippen LogP contribution in [0.3, 0.4) is 0 Å². The van der Waals surface area contributed by atoms with Gasteiger partial charge in [0.1, 0.15) is 0 Å². The predicted octanol–water partition coefficient (Wildman–Crippen LogP) is 2.56. The molecule has 0 saturated carbocycles. The number of nitrogens with zero attached hydrogens (tertiary/aromatic N) is 1. The van der Waals surface area contributed by atoms with Crippen molar-refractivity contribution < 1.29 is 4.74 Å². The van der Waals surface area contributed by atoms with Crippen LogP contribution >= 0.6 is 24.0 Å². The smallest absolute Gasteiger partial charge is 0.213 e. The van der Waals surface area contributed by atoms with Crippen LogP contribution in [0.15, 0.2) is 12.1 Å². The second kappa shape index (κ2) is 5.22. The van der Waals surface area contributed by atoms with E-state index in [0.29, 0.717) is 11.8 Å². The van der Waals surface area contributed by atoms with Gasteiger partial charge in [0.2, 0.25) is 5.88 Å². The van der Waals surface area contributed by atoms with E-state index in [4.69, 9.17) is 16.3 Å². The quantitative estimate of drug-likeness (QED) is 0.696. The van der Waals surface area contributed by atoms with Crippen molar-refractivity contribution in [3.8, 4) is 5.88 Å². The summed E-state index contributed by atoms with van der Waals surface area (Å²) in [4.78, 5) is 4.16. The molecule has 0 aliphatic rings. The summed E-state index contributed by atoms with van der Waals surface area (Å²) in [5.41, 5.74) is 1.98. The maximum absolute atomic E-state index is 5.64. The highest BCUT2D eigenvalue weighted by Crippen LogP contribution is 2.13. The summed E-state index contributed by atoms with van der Waals surface area (Å²) < 4.78 is 4.94. The Kier molecular flexibility index (Phi) is 5.02. The molecule has 0 spiro atoms. The first-order valence-corrected chi connectivity index (χ1v) is 3.88. The largest absolute Gasteiger partial charge is 0.481 e. The van der Waals surface area contributed by atoms with E-state index in [2.05, 4.69) is 4.98 Å². The molecule has 0 fully saturated rings. The first kappa shape index (κ1) is 11.5. The molecule has 68 valence electrons. The number of hydrogen-bond acceptors (Lipinski definition) is 2. The average Bonchev–Trinajstić information content (AvgIpc) is 2.05. The van der Waals surface area contributed by atoms with E-state index in [-0.39, 0.29) is 12.4 Å². The van der Waals surface area contributed by atoms with Crippen molar-refractivity contribution in [3.05, 3.63) is 23.4 Å². The summed E-state index contributed by atoms with van der Waals surface area (Å²) in [5.74, 6) is 1.05. The zero-order valence-electron chi connectivity index (χ0n) is 7.00. The third kappa shape index (κ3) is 2.54. The number of hydrogen-bond donors (Lipinski definition) is 0. The second-order valence-corrected chi connectivity index (χ2v) is 2.52. The average molecular weight is 208 g/mol. The lowest BCUT2D eigenvalue weighted by molar-refractivity contribution is 0.396. The topological polar surface area (TPSA) is 22.1 Å². The van der Waals surface area contributed by atoms with E-state index in [1.807, 2.05) is 19.1 Å². The van der Waals surface area contributed by atoms with Gasteiger partial charge in [-0.3, -0.25) is 0 Å². The Bertz CT molecular complexity index is 253. The van der Waals surface area contributed by atoms with E-state index < -0.39 is 0 Å². The highest BCUT2D eigenvalue weighted by Gasteiger charge is 1.99. The molecule has 0 aliphatic carbocycles. The minimum Gasteiger partial charge on any atom is -0.481 e. The summed E-state index contributed by atoms with van der Waals surface area (Å²) in [6.07, 6.45) is 0. The van der Waals surface area contributed by atoms with Gasteiger partial charge in [0.25, 0.3) is 0 Å². The number of halogens is 2. The number of alkyl halides is 1. The lowest BCUT2D eigenvalue weighted by Gasteiger charge is -2.02. The van der Waals surface area contributed by atoms with Crippen molar-refractivity contribution in [1.82, 2.24) is 4.98 Å². The van der Waals surface area contributed by atoms with Crippen LogP contribution in [0, 0.1) is 6.92 Å². The van der Waals surface area contributed by atoms with Crippen molar-refractivity contribution >= 4 is 24.0 Å². The molecule has 1 heterocycles. The number of ether oxygens (including phenoxy) is 1. The molecule has 0 saturated heterocycles. The minimum atomic E-state index is 0. The molecule has 0 atom stereocenters. The lowest BCUT2D eigenvalue weighted by atomic mass is 10.2. The highest BCUT2D eigenvalue weighted by molar-refractivity contribution is 6.17. The fourth-order valence-corrected chi connectivity index (χ4v) is 1.07. The van der Waals surface area contributed by atoms with Crippen LogP contribution in [0.2, 0.25) is 0 Å². The van der Waals surface area contributed by atoms with Crippen LogP contribution in [-0.2, 0) is 5.88 Å². The van der Waals surface area contributed by atoms with E-state index in [1.54, 1.807) is 7.11 Å². The van der Waals surface area contributed by atoms with Gasteiger partial charge in [-0.1, -0.05) is 6.07 Å². The number of pyridine rings is 1. The summed E-state index contributed by atoms with van der Waals surface area (Å²) in [5, 5.41) is 0. The Balaban J connectivity index is 0.00000121. The maximum atomic E-state index is 5.64. The molecule has 0 aromatic carbocycles. The van der Waals surface area contributed by atoms with Gasteiger partial charge in [-0.15, -0.1) is 24.0 Å².